The summed E-state index contributed by atoms with van der Waals surface area (Å²) in [6, 6.07) is 17.0. The SMILES string of the molecule is COc1cc(/C=C(\C#N)c2ccc(F)cc2)cc(Cl)c1OCc1cccc([N+](=O)[O-])c1. The molecule has 0 saturated heterocycles. The molecule has 0 N–H and O–H groups in total. The largest absolute Gasteiger partial charge is 0.493 e. The molecule has 6 nitrogen and oxygen atoms in total. The van der Waals surface area contributed by atoms with E-state index in [0.717, 1.165) is 0 Å². The molecule has 3 aromatic carbocycles. The summed E-state index contributed by atoms with van der Waals surface area (Å²) in [7, 11) is 1.45. The topological polar surface area (TPSA) is 85.4 Å². The van der Waals surface area contributed by atoms with Gasteiger partial charge in [-0.05, 0) is 47.0 Å². The summed E-state index contributed by atoms with van der Waals surface area (Å²) in [5.74, 6) is 0.213. The predicted molar refractivity (Wildman–Crippen MR) is 115 cm³/mol. The Morgan fingerprint density at radius 3 is 2.61 bits per heavy atom. The quantitative estimate of drug-likeness (QED) is 0.194. The lowest BCUT2D eigenvalue weighted by Crippen LogP contribution is -2.00. The Kier molecular flexibility index (Phi) is 6.85. The fraction of sp³-hybridized carbons (Fsp3) is 0.0870. The Labute approximate surface area is 182 Å². The maximum atomic E-state index is 13.2. The lowest BCUT2D eigenvalue weighted by Gasteiger charge is -2.13. The first-order valence-corrected chi connectivity index (χ1v) is 9.40. The molecule has 0 fully saturated rings. The maximum absolute atomic E-state index is 13.2. The van der Waals surface area contributed by atoms with E-state index in [2.05, 4.69) is 6.07 Å². The van der Waals surface area contributed by atoms with E-state index in [1.165, 1.54) is 43.5 Å². The molecule has 0 aliphatic heterocycles. The van der Waals surface area contributed by atoms with Crippen LogP contribution in [0.2, 0.25) is 5.02 Å². The molecule has 31 heavy (non-hydrogen) atoms. The molecule has 0 aliphatic carbocycles. The van der Waals surface area contributed by atoms with Gasteiger partial charge in [-0.15, -0.1) is 0 Å². The number of non-ortho nitro benzene ring substituents is 1. The predicted octanol–water partition coefficient (Wildman–Crippen LogP) is 6.04. The van der Waals surface area contributed by atoms with E-state index in [1.54, 1.807) is 30.3 Å². The van der Waals surface area contributed by atoms with Crippen molar-refractivity contribution in [1.82, 2.24) is 0 Å². The Hall–Kier alpha value is -3.89. The maximum Gasteiger partial charge on any atom is 0.269 e. The molecule has 0 spiro atoms. The number of nitro groups is 1. The van der Waals surface area contributed by atoms with Crippen LogP contribution in [0.3, 0.4) is 0 Å². The van der Waals surface area contributed by atoms with Gasteiger partial charge in [-0.25, -0.2) is 4.39 Å². The minimum Gasteiger partial charge on any atom is -0.493 e. The lowest BCUT2D eigenvalue weighted by molar-refractivity contribution is -0.384. The molecule has 0 unspecified atom stereocenters. The van der Waals surface area contributed by atoms with Gasteiger partial charge in [0.2, 0.25) is 0 Å². The first-order valence-electron chi connectivity index (χ1n) is 9.02. The molecule has 156 valence electrons. The van der Waals surface area contributed by atoms with Crippen molar-refractivity contribution in [3.8, 4) is 17.6 Å². The summed E-state index contributed by atoms with van der Waals surface area (Å²) >= 11 is 6.38. The summed E-state index contributed by atoms with van der Waals surface area (Å²) in [6.07, 6.45) is 1.60. The molecule has 0 bridgehead atoms. The number of benzene rings is 3. The number of halogens is 2. The van der Waals surface area contributed by atoms with Gasteiger partial charge in [0.15, 0.2) is 11.5 Å². The highest BCUT2D eigenvalue weighted by atomic mass is 35.5. The van der Waals surface area contributed by atoms with Gasteiger partial charge in [-0.1, -0.05) is 35.9 Å². The van der Waals surface area contributed by atoms with Crippen molar-refractivity contribution in [1.29, 1.82) is 5.26 Å². The highest BCUT2D eigenvalue weighted by Crippen LogP contribution is 2.38. The third-order valence-electron chi connectivity index (χ3n) is 4.34. The van der Waals surface area contributed by atoms with E-state index in [9.17, 15) is 19.8 Å². The Bertz CT molecular complexity index is 1190. The van der Waals surface area contributed by atoms with Gasteiger partial charge in [0.05, 0.1) is 28.7 Å². The molecule has 0 aromatic heterocycles. The zero-order valence-electron chi connectivity index (χ0n) is 16.3. The molecule has 0 amide bonds. The number of nitriles is 1. The summed E-state index contributed by atoms with van der Waals surface area (Å²) < 4.78 is 24.3. The molecule has 8 heteroatoms. The molecule has 0 heterocycles. The van der Waals surface area contributed by atoms with Crippen molar-refractivity contribution in [2.75, 3.05) is 7.11 Å². The van der Waals surface area contributed by atoms with Gasteiger partial charge in [0.1, 0.15) is 12.4 Å². The van der Waals surface area contributed by atoms with Crippen LogP contribution in [0.25, 0.3) is 11.6 Å². The van der Waals surface area contributed by atoms with Crippen molar-refractivity contribution < 1.29 is 18.8 Å². The van der Waals surface area contributed by atoms with E-state index in [4.69, 9.17) is 21.1 Å². The fourth-order valence-electron chi connectivity index (χ4n) is 2.85. The van der Waals surface area contributed by atoms with Crippen molar-refractivity contribution >= 4 is 28.9 Å². The Balaban J connectivity index is 1.88. The van der Waals surface area contributed by atoms with Crippen molar-refractivity contribution in [3.63, 3.8) is 0 Å². The standard InChI is InChI=1S/C23H16ClFN2O4/c1-30-22-12-16(9-18(13-26)17-5-7-19(25)8-6-17)11-21(24)23(22)31-14-15-3-2-4-20(10-15)27(28)29/h2-12H,14H2,1H3/b18-9+. The number of ether oxygens (including phenoxy) is 2. The third-order valence-corrected chi connectivity index (χ3v) is 4.62. The number of allylic oxidation sites excluding steroid dienone is 1. The van der Waals surface area contributed by atoms with Gasteiger partial charge < -0.3 is 9.47 Å². The zero-order valence-corrected chi connectivity index (χ0v) is 17.1. The zero-order chi connectivity index (χ0) is 22.4. The molecule has 0 atom stereocenters. The van der Waals surface area contributed by atoms with Gasteiger partial charge >= 0.3 is 0 Å². The van der Waals surface area contributed by atoms with Crippen LogP contribution < -0.4 is 9.47 Å². The first kappa shape index (κ1) is 21.8. The Morgan fingerprint density at radius 2 is 1.97 bits per heavy atom. The average molecular weight is 439 g/mol. The molecular weight excluding hydrogens is 423 g/mol. The van der Waals surface area contributed by atoms with Crippen LogP contribution >= 0.6 is 11.6 Å². The molecule has 0 saturated carbocycles. The van der Waals surface area contributed by atoms with E-state index >= 15 is 0 Å². The normalized spacial score (nSPS) is 11.0. The van der Waals surface area contributed by atoms with Gasteiger partial charge in [0.25, 0.3) is 5.69 Å². The van der Waals surface area contributed by atoms with Gasteiger partial charge in [-0.2, -0.15) is 5.26 Å². The van der Waals surface area contributed by atoms with Crippen LogP contribution in [0.1, 0.15) is 16.7 Å². The van der Waals surface area contributed by atoms with Crippen LogP contribution in [0.5, 0.6) is 11.5 Å². The van der Waals surface area contributed by atoms with Crippen molar-refractivity contribution in [2.45, 2.75) is 6.61 Å². The second-order valence-corrected chi connectivity index (χ2v) is 6.83. The number of rotatable bonds is 7. The monoisotopic (exact) mass is 438 g/mol. The molecule has 0 aliphatic rings. The average Bonchev–Trinajstić information content (AvgIpc) is 2.77. The second-order valence-electron chi connectivity index (χ2n) is 6.43. The van der Waals surface area contributed by atoms with Crippen LogP contribution in [0.15, 0.2) is 60.7 Å². The number of hydrogen-bond donors (Lipinski definition) is 0. The second kappa shape index (κ2) is 9.74. The van der Waals surface area contributed by atoms with E-state index in [-0.39, 0.29) is 23.1 Å². The Morgan fingerprint density at radius 1 is 1.23 bits per heavy atom. The smallest absolute Gasteiger partial charge is 0.269 e. The van der Waals surface area contributed by atoms with Crippen molar-refractivity contribution in [3.05, 3.63) is 98.3 Å². The van der Waals surface area contributed by atoms with Crippen LogP contribution in [0.4, 0.5) is 10.1 Å². The molecular formula is C23H16ClFN2O4. The van der Waals surface area contributed by atoms with Gasteiger partial charge in [-0.3, -0.25) is 10.1 Å². The highest BCUT2D eigenvalue weighted by Gasteiger charge is 2.14. The number of methoxy groups -OCH3 is 1. The number of nitro benzene ring substituents is 1. The van der Waals surface area contributed by atoms with Crippen molar-refractivity contribution in [2.24, 2.45) is 0 Å². The molecule has 3 rings (SSSR count). The van der Waals surface area contributed by atoms with Crippen LogP contribution in [0, 0.1) is 27.3 Å². The third kappa shape index (κ3) is 5.38. The van der Waals surface area contributed by atoms with E-state index < -0.39 is 10.7 Å². The van der Waals surface area contributed by atoms with E-state index in [1.807, 2.05) is 0 Å². The summed E-state index contributed by atoms with van der Waals surface area (Å²) in [6.45, 7) is 0.0476. The molecule has 0 radical (unpaired) electrons. The van der Waals surface area contributed by atoms with Crippen LogP contribution in [-0.4, -0.2) is 12.0 Å². The highest BCUT2D eigenvalue weighted by molar-refractivity contribution is 6.32. The summed E-state index contributed by atoms with van der Waals surface area (Å²) in [5.41, 5.74) is 2.03. The number of hydrogen-bond acceptors (Lipinski definition) is 5. The van der Waals surface area contributed by atoms with Crippen LogP contribution in [-0.2, 0) is 6.61 Å². The van der Waals surface area contributed by atoms with E-state index in [0.29, 0.717) is 28.0 Å². The van der Waals surface area contributed by atoms with Gasteiger partial charge in [0, 0.05) is 12.1 Å². The minimum absolute atomic E-state index is 0.0375. The minimum atomic E-state index is -0.480. The summed E-state index contributed by atoms with van der Waals surface area (Å²) in [5, 5.41) is 20.7. The number of nitrogens with zero attached hydrogens (tertiary/aromatic N) is 2. The lowest BCUT2D eigenvalue weighted by atomic mass is 10.0. The first-order chi connectivity index (χ1) is 14.9. The fourth-order valence-corrected chi connectivity index (χ4v) is 3.13. The summed E-state index contributed by atoms with van der Waals surface area (Å²) in [4.78, 5) is 10.4. The molecule has 3 aromatic rings.